The number of rotatable bonds is 11. The lowest BCUT2D eigenvalue weighted by Gasteiger charge is -2.31. The third-order valence-electron chi connectivity index (χ3n) is 11.8. The van der Waals surface area contributed by atoms with Gasteiger partial charge in [0.15, 0.2) is 5.82 Å². The van der Waals surface area contributed by atoms with E-state index in [1.165, 1.54) is 16.7 Å². The van der Waals surface area contributed by atoms with Crippen LogP contribution < -0.4 is 37.1 Å². The largest absolute Gasteiger partial charge is 0.493 e. The molecule has 7 unspecified atom stereocenters. The van der Waals surface area contributed by atoms with E-state index in [1.54, 1.807) is 13.1 Å². The average Bonchev–Trinajstić information content (AvgIpc) is 4.11. The van der Waals surface area contributed by atoms with Gasteiger partial charge in [-0.15, -0.1) is 10.2 Å². The Hall–Kier alpha value is -6.55. The van der Waals surface area contributed by atoms with Gasteiger partial charge in [-0.25, -0.2) is 0 Å². The first-order chi connectivity index (χ1) is 31.9. The summed E-state index contributed by atoms with van der Waals surface area (Å²) in [5, 5.41) is 38.1. The summed E-state index contributed by atoms with van der Waals surface area (Å²) < 4.78 is 6.05. The van der Waals surface area contributed by atoms with E-state index in [0.29, 0.717) is 42.7 Å². The van der Waals surface area contributed by atoms with Crippen LogP contribution in [0.25, 0.3) is 10.9 Å². The molecular weight excluding hydrogens is 873 g/mol. The van der Waals surface area contributed by atoms with Crippen LogP contribution in [0.5, 0.6) is 5.75 Å². The fourth-order valence-electron chi connectivity index (χ4n) is 7.95. The number of ether oxygens (including phenoxy) is 1. The number of para-hydroxylation sites is 2. The number of nitrogens with one attached hydrogen (secondary N) is 7. The summed E-state index contributed by atoms with van der Waals surface area (Å²) in [7, 11) is 0. The Balaban J connectivity index is 1.31. The van der Waals surface area contributed by atoms with E-state index < -0.39 is 90.1 Å². The number of fused-ring (bicyclic) bond motifs is 2. The maximum absolute atomic E-state index is 14.7. The second-order valence-corrected chi connectivity index (χ2v) is 17.6. The first-order valence-electron chi connectivity index (χ1n) is 22.1. The van der Waals surface area contributed by atoms with Gasteiger partial charge in [0.25, 0.3) is 0 Å². The molecule has 2 aliphatic rings. The number of nitrogens with two attached hydrogens (primary N) is 1. The van der Waals surface area contributed by atoms with Crippen LogP contribution in [0.1, 0.15) is 62.9 Å². The van der Waals surface area contributed by atoms with Crippen LogP contribution in [0.4, 0.5) is 0 Å². The number of hydrogen-bond donors (Lipinski definition) is 9. The van der Waals surface area contributed by atoms with E-state index in [9.17, 15) is 38.7 Å². The van der Waals surface area contributed by atoms with Crippen molar-refractivity contribution < 1.29 is 43.4 Å². The first kappa shape index (κ1) is 48.9. The molecule has 6 rings (SSSR count). The standard InChI is InChI=1S/C44H58N12O9S/c1-3-25(2)38-43(63)49-31(20-27-22-46-29-12-6-5-11-28(27)29)40(60)50-33(44(64)56-17-8-13-34(56)42(62)48-30(39(45)59)21-36-52-54-55-53-36)24-66-19-16-26-10-4-7-14-35(26)65-18-9-15-37(58)47-32(23-57)41(61)51-38/h4-7,10-12,14,22,25,30-34,38,46,57H,3,8-9,13,15-21,23-24H2,1-2H3,(H2,45,59)(H,47,58)(H,48,62)(H,49,63)(H,50,60)(H,51,61)(H,52,53,54,55). The number of nitrogens with zero attached hydrogens (tertiary/aromatic N) is 4. The van der Waals surface area contributed by atoms with Crippen LogP contribution >= 0.6 is 11.8 Å². The SMILES string of the molecule is CCC(C)C1NC(=O)C(CO)NC(=O)CCCOc2ccccc2CCSCC(C(=O)N2CCCC2C(=O)NC(Cc2nn[nH]n2)C(N)=O)NC(=O)C(Cc2c[nH]c3ccccc23)NC1=O. The number of carbonyl (C=O) groups is 7. The molecule has 2 aromatic carbocycles. The molecular formula is C44H58N12O9S. The van der Waals surface area contributed by atoms with Crippen molar-refractivity contribution in [1.29, 1.82) is 0 Å². The molecule has 0 radical (unpaired) electrons. The predicted molar refractivity (Wildman–Crippen MR) is 242 cm³/mol. The number of carbonyl (C=O) groups excluding carboxylic acids is 7. The number of benzene rings is 2. The van der Waals surface area contributed by atoms with Crippen molar-refractivity contribution in [2.45, 2.75) is 101 Å². The van der Waals surface area contributed by atoms with Gasteiger partial charge in [-0.1, -0.05) is 61.9 Å². The summed E-state index contributed by atoms with van der Waals surface area (Å²) >= 11 is 1.40. The summed E-state index contributed by atoms with van der Waals surface area (Å²) in [5.41, 5.74) is 7.99. The smallest absolute Gasteiger partial charge is 0.246 e. The lowest BCUT2D eigenvalue weighted by molar-refractivity contribution is -0.142. The third kappa shape index (κ3) is 12.8. The van der Waals surface area contributed by atoms with Gasteiger partial charge in [-0.3, -0.25) is 33.6 Å². The van der Waals surface area contributed by atoms with Crippen molar-refractivity contribution in [2.75, 3.05) is 31.3 Å². The van der Waals surface area contributed by atoms with E-state index in [-0.39, 0.29) is 50.4 Å². The van der Waals surface area contributed by atoms with Crippen molar-refractivity contribution in [3.63, 3.8) is 0 Å². The highest BCUT2D eigenvalue weighted by Crippen LogP contribution is 2.24. The van der Waals surface area contributed by atoms with E-state index in [0.717, 1.165) is 16.5 Å². The number of tetrazole rings is 1. The van der Waals surface area contributed by atoms with Crippen molar-refractivity contribution in [3.05, 3.63) is 71.7 Å². The summed E-state index contributed by atoms with van der Waals surface area (Å²) in [4.78, 5) is 101. The number of aromatic nitrogens is 5. The number of aliphatic hydroxyl groups excluding tert-OH is 1. The van der Waals surface area contributed by atoms with Gasteiger partial charge in [-0.2, -0.15) is 17.0 Å². The minimum Gasteiger partial charge on any atom is -0.493 e. The van der Waals surface area contributed by atoms with Crippen LogP contribution in [0, 0.1) is 5.92 Å². The minimum atomic E-state index is -1.37. The molecule has 1 saturated heterocycles. The van der Waals surface area contributed by atoms with E-state index >= 15 is 0 Å². The van der Waals surface area contributed by atoms with Gasteiger partial charge in [0.05, 0.1) is 13.2 Å². The average molecular weight is 931 g/mol. The second-order valence-electron chi connectivity index (χ2n) is 16.4. The van der Waals surface area contributed by atoms with Crippen molar-refractivity contribution in [1.82, 2.24) is 57.1 Å². The normalized spacial score (nSPS) is 22.8. The van der Waals surface area contributed by atoms with Crippen LogP contribution in [0.15, 0.2) is 54.7 Å². The fraction of sp³-hybridized carbons (Fsp3) is 0.500. The Kier molecular flexibility index (Phi) is 17.5. The summed E-state index contributed by atoms with van der Waals surface area (Å²) in [6, 6.07) is 7.64. The molecule has 354 valence electrons. The Morgan fingerprint density at radius 2 is 1.74 bits per heavy atom. The maximum atomic E-state index is 14.7. The number of aromatic amines is 2. The summed E-state index contributed by atoms with van der Waals surface area (Å²) in [6.45, 7) is 3.22. The van der Waals surface area contributed by atoms with Gasteiger partial charge >= 0.3 is 0 Å². The van der Waals surface area contributed by atoms with Crippen LogP contribution in [-0.4, -0.2) is 144 Å². The molecule has 7 atom stereocenters. The highest BCUT2D eigenvalue weighted by molar-refractivity contribution is 7.99. The van der Waals surface area contributed by atoms with Gasteiger partial charge in [0, 0.05) is 48.7 Å². The van der Waals surface area contributed by atoms with E-state index in [2.05, 4.69) is 52.2 Å². The molecule has 10 N–H and O–H groups in total. The van der Waals surface area contributed by atoms with Crippen molar-refractivity contribution in [3.8, 4) is 5.75 Å². The van der Waals surface area contributed by atoms with Gasteiger partial charge < -0.3 is 52.0 Å². The fourth-order valence-corrected chi connectivity index (χ4v) is 8.94. The number of aryl methyl sites for hydroxylation is 1. The molecule has 66 heavy (non-hydrogen) atoms. The third-order valence-corrected chi connectivity index (χ3v) is 12.9. The number of likely N-dealkylation sites (tertiary alicyclic amines) is 1. The zero-order valence-corrected chi connectivity index (χ0v) is 37.7. The number of H-pyrrole nitrogens is 2. The number of primary amides is 1. The number of hydrogen-bond acceptors (Lipinski definition) is 13. The monoisotopic (exact) mass is 930 g/mol. The second kappa shape index (κ2) is 23.6. The van der Waals surface area contributed by atoms with Crippen molar-refractivity contribution in [2.24, 2.45) is 11.7 Å². The van der Waals surface area contributed by atoms with Crippen LogP contribution in [0.3, 0.4) is 0 Å². The molecule has 22 heteroatoms. The molecule has 7 amide bonds. The Morgan fingerprint density at radius 1 is 0.970 bits per heavy atom. The highest BCUT2D eigenvalue weighted by atomic mass is 32.2. The Labute approximate surface area is 385 Å². The molecule has 1 fully saturated rings. The number of aliphatic hydroxyl groups is 1. The topological polar surface area (TPSA) is 309 Å². The summed E-state index contributed by atoms with van der Waals surface area (Å²) in [5.74, 6) is -3.79. The maximum Gasteiger partial charge on any atom is 0.246 e. The Morgan fingerprint density at radius 3 is 2.50 bits per heavy atom. The lowest BCUT2D eigenvalue weighted by atomic mass is 9.96. The van der Waals surface area contributed by atoms with Crippen LogP contribution in [0.2, 0.25) is 0 Å². The predicted octanol–water partition coefficient (Wildman–Crippen LogP) is -0.447. The molecule has 4 aromatic rings. The Bertz CT molecular complexity index is 2330. The zero-order valence-electron chi connectivity index (χ0n) is 36.9. The molecule has 2 aromatic heterocycles. The quantitative estimate of drug-likeness (QED) is 0.0923. The molecule has 2 aliphatic heterocycles. The molecule has 21 nitrogen and oxygen atoms in total. The molecule has 4 heterocycles. The molecule has 0 bridgehead atoms. The van der Waals surface area contributed by atoms with Gasteiger partial charge in [0.1, 0.15) is 42.0 Å². The number of amides is 7. The van der Waals surface area contributed by atoms with Crippen molar-refractivity contribution >= 4 is 64.0 Å². The van der Waals surface area contributed by atoms with Crippen LogP contribution in [-0.2, 0) is 52.8 Å². The zero-order chi connectivity index (χ0) is 47.2. The minimum absolute atomic E-state index is 0.00262. The van der Waals surface area contributed by atoms with Gasteiger partial charge in [-0.05, 0) is 60.6 Å². The number of thioether (sulfide) groups is 1. The lowest BCUT2D eigenvalue weighted by Crippen LogP contribution is -2.61. The molecule has 0 saturated carbocycles. The summed E-state index contributed by atoms with van der Waals surface area (Å²) in [6.07, 6.45) is 3.59. The molecule has 0 aliphatic carbocycles. The van der Waals surface area contributed by atoms with E-state index in [4.69, 9.17) is 10.5 Å². The molecule has 0 spiro atoms. The first-order valence-corrected chi connectivity index (χ1v) is 23.3. The van der Waals surface area contributed by atoms with Gasteiger partial charge in [0.2, 0.25) is 41.4 Å². The highest BCUT2D eigenvalue weighted by Gasteiger charge is 2.40. The van der Waals surface area contributed by atoms with E-state index in [1.807, 2.05) is 55.5 Å².